The van der Waals surface area contributed by atoms with E-state index in [0.717, 1.165) is 10.5 Å². The van der Waals surface area contributed by atoms with Gasteiger partial charge in [-0.25, -0.2) is 9.97 Å². The number of aryl methyl sites for hydroxylation is 1. The van der Waals surface area contributed by atoms with Gasteiger partial charge < -0.3 is 25.4 Å². The van der Waals surface area contributed by atoms with Crippen LogP contribution >= 0.6 is 0 Å². The molecule has 3 aliphatic rings. The number of hydrogen-bond donors (Lipinski definition) is 4. The molecule has 290 valence electrons. The number of aromatic nitrogens is 5. The van der Waals surface area contributed by atoms with Gasteiger partial charge in [0.05, 0.1) is 35.5 Å². The van der Waals surface area contributed by atoms with E-state index in [1.165, 1.54) is 6.07 Å². The number of piperidine rings is 1. The number of carbonyl (C=O) groups excluding carboxylic acids is 6. The molecule has 1 aromatic carbocycles. The van der Waals surface area contributed by atoms with Crippen LogP contribution < -0.4 is 31.1 Å². The minimum Gasteiger partial charge on any atom is -0.375 e. The zero-order valence-electron chi connectivity index (χ0n) is 31.5. The van der Waals surface area contributed by atoms with Crippen LogP contribution in [0.1, 0.15) is 75.9 Å². The maximum Gasteiger partial charge on any atom is 0.264 e. The molecule has 0 radical (unpaired) electrons. The van der Waals surface area contributed by atoms with Gasteiger partial charge in [0.25, 0.3) is 17.7 Å². The standard InChI is InChI=1S/C38H42N12O6/c1-5-48-20-42-46-34(48)26-10-7-11-29(43-26)49-19-24-23(36(49)54)16-30(47(4)21(2)3)44-27(24)17-39-14-15-40-32(52)18-41-25-9-6-8-22-33(25)38(56)50(37(22)55)28-12-13-31(51)45-35(28)53/h6-11,16,20-21,28,39,41H,5,12-15,17-19H2,1-4H3,(H,40,52)(H,45,51,53). The first-order valence-electron chi connectivity index (χ1n) is 18.4. The maximum absolute atomic E-state index is 13.9. The third-order valence-electron chi connectivity index (χ3n) is 10.1. The molecule has 4 N–H and O–H groups in total. The van der Waals surface area contributed by atoms with Gasteiger partial charge in [0.2, 0.25) is 17.7 Å². The average Bonchev–Trinajstić information content (AvgIpc) is 3.88. The van der Waals surface area contributed by atoms with Crippen molar-refractivity contribution >= 4 is 52.8 Å². The Bertz CT molecular complexity index is 2250. The summed E-state index contributed by atoms with van der Waals surface area (Å²) < 4.78 is 1.88. The quantitative estimate of drug-likeness (QED) is 0.106. The Hall–Kier alpha value is -6.56. The lowest BCUT2D eigenvalue weighted by Gasteiger charge is -2.27. The molecule has 1 saturated heterocycles. The second-order valence-electron chi connectivity index (χ2n) is 13.9. The topological polar surface area (TPSA) is 217 Å². The van der Waals surface area contributed by atoms with Gasteiger partial charge in [-0.15, -0.1) is 10.2 Å². The summed E-state index contributed by atoms with van der Waals surface area (Å²) >= 11 is 0. The third kappa shape index (κ3) is 7.17. The smallest absolute Gasteiger partial charge is 0.264 e. The average molecular weight is 763 g/mol. The lowest BCUT2D eigenvalue weighted by molar-refractivity contribution is -0.136. The molecule has 1 fully saturated rings. The summed E-state index contributed by atoms with van der Waals surface area (Å²) in [5.41, 5.74) is 3.13. The van der Waals surface area contributed by atoms with Crippen molar-refractivity contribution < 1.29 is 28.8 Å². The number of nitrogens with zero attached hydrogens (tertiary/aromatic N) is 8. The number of pyridine rings is 2. The van der Waals surface area contributed by atoms with E-state index in [0.29, 0.717) is 54.0 Å². The number of rotatable bonds is 14. The molecule has 6 amide bonds. The van der Waals surface area contributed by atoms with Crippen molar-refractivity contribution in [2.45, 2.75) is 65.3 Å². The first kappa shape index (κ1) is 37.7. The number of fused-ring (bicyclic) bond motifs is 2. The Morgan fingerprint density at radius 2 is 1.80 bits per heavy atom. The summed E-state index contributed by atoms with van der Waals surface area (Å²) in [6, 6.07) is 11.0. The molecule has 6 heterocycles. The molecule has 4 aromatic rings. The van der Waals surface area contributed by atoms with Gasteiger partial charge in [0, 0.05) is 56.9 Å². The minimum absolute atomic E-state index is 0.0156. The van der Waals surface area contributed by atoms with E-state index in [1.54, 1.807) is 29.4 Å². The number of amides is 6. The molecular weight excluding hydrogens is 720 g/mol. The highest BCUT2D eigenvalue weighted by Gasteiger charge is 2.45. The molecule has 0 bridgehead atoms. The summed E-state index contributed by atoms with van der Waals surface area (Å²) in [5.74, 6) is -1.20. The monoisotopic (exact) mass is 762 g/mol. The number of carbonyl (C=O) groups is 6. The van der Waals surface area contributed by atoms with Gasteiger partial charge in [-0.3, -0.25) is 43.9 Å². The van der Waals surface area contributed by atoms with Crippen LogP contribution in [0.25, 0.3) is 11.5 Å². The highest BCUT2D eigenvalue weighted by atomic mass is 16.2. The lowest BCUT2D eigenvalue weighted by atomic mass is 10.0. The predicted octanol–water partition coefficient (Wildman–Crippen LogP) is 1.48. The van der Waals surface area contributed by atoms with Crippen molar-refractivity contribution in [3.8, 4) is 11.5 Å². The van der Waals surface area contributed by atoms with E-state index in [9.17, 15) is 28.8 Å². The SMILES string of the molecule is CCn1cnnc1-c1cccc(N2Cc3c(cc(N(C)C(C)C)nc3CNCCNC(=O)CNc3cccc4c3C(=O)N(C3CCC(=O)NC3=O)C4=O)C2=O)n1. The fourth-order valence-corrected chi connectivity index (χ4v) is 6.91. The Balaban J connectivity index is 0.969. The van der Waals surface area contributed by atoms with Gasteiger partial charge in [-0.05, 0) is 57.5 Å². The molecule has 3 aromatic heterocycles. The molecule has 0 spiro atoms. The van der Waals surface area contributed by atoms with Crippen LogP contribution in [0.4, 0.5) is 17.3 Å². The number of imide groups is 2. The highest BCUT2D eigenvalue weighted by molar-refractivity contribution is 6.25. The van der Waals surface area contributed by atoms with Crippen molar-refractivity contribution in [3.63, 3.8) is 0 Å². The van der Waals surface area contributed by atoms with Gasteiger partial charge >= 0.3 is 0 Å². The Morgan fingerprint density at radius 3 is 2.57 bits per heavy atom. The van der Waals surface area contributed by atoms with E-state index in [4.69, 9.17) is 9.97 Å². The van der Waals surface area contributed by atoms with Crippen LogP contribution in [-0.2, 0) is 34.0 Å². The van der Waals surface area contributed by atoms with E-state index in [-0.39, 0.29) is 67.1 Å². The predicted molar refractivity (Wildman–Crippen MR) is 204 cm³/mol. The van der Waals surface area contributed by atoms with Crippen molar-refractivity contribution in [1.29, 1.82) is 0 Å². The van der Waals surface area contributed by atoms with Crippen molar-refractivity contribution in [2.24, 2.45) is 0 Å². The maximum atomic E-state index is 13.9. The number of anilines is 3. The number of hydrogen-bond acceptors (Lipinski definition) is 13. The molecule has 0 aliphatic carbocycles. The van der Waals surface area contributed by atoms with E-state index in [1.807, 2.05) is 55.5 Å². The Kier molecular flexibility index (Phi) is 10.6. The molecular formula is C38H42N12O6. The summed E-state index contributed by atoms with van der Waals surface area (Å²) in [6.45, 7) is 7.84. The summed E-state index contributed by atoms with van der Waals surface area (Å²) in [7, 11) is 1.93. The molecule has 7 rings (SSSR count). The molecule has 0 saturated carbocycles. The third-order valence-corrected chi connectivity index (χ3v) is 10.1. The van der Waals surface area contributed by atoms with Gasteiger partial charge in [-0.2, -0.15) is 0 Å². The van der Waals surface area contributed by atoms with Crippen LogP contribution in [-0.4, -0.2) is 104 Å². The zero-order chi connectivity index (χ0) is 39.7. The van der Waals surface area contributed by atoms with Crippen LogP contribution in [0.2, 0.25) is 0 Å². The highest BCUT2D eigenvalue weighted by Crippen LogP contribution is 2.34. The van der Waals surface area contributed by atoms with Crippen molar-refractivity contribution in [2.75, 3.05) is 41.8 Å². The summed E-state index contributed by atoms with van der Waals surface area (Å²) in [4.78, 5) is 91.5. The lowest BCUT2D eigenvalue weighted by Crippen LogP contribution is -2.54. The van der Waals surface area contributed by atoms with Gasteiger partial charge in [0.15, 0.2) is 5.82 Å². The second kappa shape index (κ2) is 15.7. The van der Waals surface area contributed by atoms with Crippen molar-refractivity contribution in [3.05, 3.63) is 76.7 Å². The number of benzene rings is 1. The zero-order valence-corrected chi connectivity index (χ0v) is 31.5. The summed E-state index contributed by atoms with van der Waals surface area (Å²) in [5, 5.41) is 19.5. The van der Waals surface area contributed by atoms with Gasteiger partial charge in [0.1, 0.15) is 29.7 Å². The van der Waals surface area contributed by atoms with Crippen molar-refractivity contribution in [1.82, 2.24) is 45.6 Å². The van der Waals surface area contributed by atoms with Crippen LogP contribution in [0.15, 0.2) is 48.8 Å². The normalized spacial score (nSPS) is 16.4. The molecule has 18 nitrogen and oxygen atoms in total. The van der Waals surface area contributed by atoms with Crippen LogP contribution in [0.3, 0.4) is 0 Å². The fourth-order valence-electron chi connectivity index (χ4n) is 6.91. The van der Waals surface area contributed by atoms with Gasteiger partial charge in [-0.1, -0.05) is 12.1 Å². The van der Waals surface area contributed by atoms with E-state index >= 15 is 0 Å². The van der Waals surface area contributed by atoms with E-state index < -0.39 is 29.7 Å². The molecule has 1 atom stereocenters. The minimum atomic E-state index is -1.09. The molecule has 56 heavy (non-hydrogen) atoms. The molecule has 3 aliphatic heterocycles. The molecule has 1 unspecified atom stereocenters. The fraction of sp³-hybridized carbons (Fsp3) is 0.368. The first-order valence-corrected chi connectivity index (χ1v) is 18.4. The van der Waals surface area contributed by atoms with Crippen LogP contribution in [0, 0.1) is 0 Å². The molecule has 18 heteroatoms. The number of nitrogens with one attached hydrogen (secondary N) is 4. The summed E-state index contributed by atoms with van der Waals surface area (Å²) in [6.07, 6.45) is 1.70. The van der Waals surface area contributed by atoms with Crippen LogP contribution in [0.5, 0.6) is 0 Å². The van der Waals surface area contributed by atoms with E-state index in [2.05, 4.69) is 31.5 Å². The second-order valence-corrected chi connectivity index (χ2v) is 13.9. The Labute approximate surface area is 322 Å². The first-order chi connectivity index (χ1) is 27.0. The largest absolute Gasteiger partial charge is 0.375 e. The Morgan fingerprint density at radius 1 is 1.00 bits per heavy atom.